The first-order valence-corrected chi connectivity index (χ1v) is 7.56. The Morgan fingerprint density at radius 2 is 1.90 bits per heavy atom. The summed E-state index contributed by atoms with van der Waals surface area (Å²) in [5.41, 5.74) is 15.0. The molecular weight excluding hydrogens is 262 g/mol. The summed E-state index contributed by atoms with van der Waals surface area (Å²) in [6, 6.07) is 0. The highest BCUT2D eigenvalue weighted by molar-refractivity contribution is 5.33. The van der Waals surface area contributed by atoms with Crippen LogP contribution in [-0.4, -0.2) is 36.0 Å². The van der Waals surface area contributed by atoms with Crippen molar-refractivity contribution < 1.29 is 0 Å². The number of nitrogens with two attached hydrogens (primary N) is 2. The predicted octanol–water partition coefficient (Wildman–Crippen LogP) is 1.01. The van der Waals surface area contributed by atoms with Gasteiger partial charge in [-0.15, -0.1) is 0 Å². The number of allylic oxidation sites excluding steroid dienone is 3. The van der Waals surface area contributed by atoms with Gasteiger partial charge in [0.2, 0.25) is 0 Å². The molecule has 0 amide bonds. The molecule has 1 aliphatic carbocycles. The smallest absolute Gasteiger partial charge is 0.0446 e. The Balaban J connectivity index is 1.60. The average Bonchev–Trinajstić information content (AvgIpc) is 3.04. The Bertz CT molecular complexity index is 513. The molecule has 0 bridgehead atoms. The van der Waals surface area contributed by atoms with Crippen molar-refractivity contribution >= 4 is 0 Å². The summed E-state index contributed by atoms with van der Waals surface area (Å²) < 4.78 is 0. The minimum absolute atomic E-state index is 0.442. The van der Waals surface area contributed by atoms with Crippen molar-refractivity contribution in [3.05, 3.63) is 47.6 Å². The molecule has 2 heterocycles. The van der Waals surface area contributed by atoms with E-state index in [1.165, 1.54) is 5.70 Å². The van der Waals surface area contributed by atoms with Gasteiger partial charge in [0.15, 0.2) is 0 Å². The second kappa shape index (κ2) is 5.48. The lowest BCUT2D eigenvalue weighted by atomic mass is 9.87. The summed E-state index contributed by atoms with van der Waals surface area (Å²) >= 11 is 0. The van der Waals surface area contributed by atoms with Crippen LogP contribution in [0.1, 0.15) is 19.3 Å². The van der Waals surface area contributed by atoms with Gasteiger partial charge >= 0.3 is 0 Å². The van der Waals surface area contributed by atoms with Crippen LogP contribution in [0, 0.1) is 5.92 Å². The van der Waals surface area contributed by atoms with Crippen LogP contribution in [-0.2, 0) is 0 Å². The minimum atomic E-state index is 0.442. The van der Waals surface area contributed by atoms with Crippen LogP contribution in [0.2, 0.25) is 0 Å². The molecule has 1 unspecified atom stereocenters. The molecule has 0 fully saturated rings. The van der Waals surface area contributed by atoms with E-state index in [1.807, 2.05) is 6.20 Å². The van der Waals surface area contributed by atoms with Gasteiger partial charge in [0.1, 0.15) is 0 Å². The van der Waals surface area contributed by atoms with E-state index in [0.717, 1.165) is 56.8 Å². The zero-order valence-corrected chi connectivity index (χ0v) is 12.6. The van der Waals surface area contributed by atoms with Gasteiger partial charge in [0.05, 0.1) is 0 Å². The third-order valence-electron chi connectivity index (χ3n) is 4.96. The van der Waals surface area contributed by atoms with Gasteiger partial charge < -0.3 is 21.0 Å². The van der Waals surface area contributed by atoms with E-state index in [0.29, 0.717) is 5.92 Å². The Morgan fingerprint density at radius 1 is 1.24 bits per heavy atom. The molecule has 5 heteroatoms. The van der Waals surface area contributed by atoms with Crippen molar-refractivity contribution in [3.63, 3.8) is 0 Å². The molecule has 3 rings (SSSR count). The second-order valence-electron chi connectivity index (χ2n) is 6.23. The van der Waals surface area contributed by atoms with Crippen molar-refractivity contribution in [2.75, 3.05) is 26.2 Å². The summed E-state index contributed by atoms with van der Waals surface area (Å²) in [5.74, 6) is 5.93. The van der Waals surface area contributed by atoms with Crippen LogP contribution in [0.25, 0.3) is 0 Å². The minimum Gasteiger partial charge on any atom is -0.401 e. The first kappa shape index (κ1) is 14.1. The molecule has 0 aromatic carbocycles. The third kappa shape index (κ3) is 2.53. The Kier molecular flexibility index (Phi) is 3.68. The molecule has 5 N–H and O–H groups in total. The molecule has 2 aliphatic heterocycles. The lowest BCUT2D eigenvalue weighted by Crippen LogP contribution is -2.33. The summed E-state index contributed by atoms with van der Waals surface area (Å²) in [6.45, 7) is 12.3. The van der Waals surface area contributed by atoms with Crippen molar-refractivity contribution in [2.24, 2.45) is 17.5 Å². The van der Waals surface area contributed by atoms with E-state index in [2.05, 4.69) is 28.4 Å². The Morgan fingerprint density at radius 3 is 2.43 bits per heavy atom. The number of hydrogen-bond donors (Lipinski definition) is 3. The van der Waals surface area contributed by atoms with E-state index in [4.69, 9.17) is 11.6 Å². The molecule has 3 aliphatic rings. The lowest BCUT2D eigenvalue weighted by molar-refractivity contribution is 0.326. The quantitative estimate of drug-likeness (QED) is 0.409. The SMILES string of the molecule is C=CN1CC2=C(C1)CN(C(=C)C1CCC(NN)=C(N)C1)C2. The van der Waals surface area contributed by atoms with Crippen molar-refractivity contribution in [1.82, 2.24) is 15.2 Å². The maximum absolute atomic E-state index is 6.09. The number of nitrogens with one attached hydrogen (secondary N) is 1. The molecule has 0 aromatic heterocycles. The van der Waals surface area contributed by atoms with E-state index in [-0.39, 0.29) is 0 Å². The van der Waals surface area contributed by atoms with E-state index < -0.39 is 0 Å². The zero-order valence-electron chi connectivity index (χ0n) is 12.6. The van der Waals surface area contributed by atoms with Gasteiger partial charge in [-0.2, -0.15) is 0 Å². The number of hydrazine groups is 1. The molecule has 0 aromatic rings. The predicted molar refractivity (Wildman–Crippen MR) is 85.4 cm³/mol. The van der Waals surface area contributed by atoms with Crippen LogP contribution >= 0.6 is 0 Å². The van der Waals surface area contributed by atoms with Crippen LogP contribution < -0.4 is 17.0 Å². The van der Waals surface area contributed by atoms with Gasteiger partial charge in [0, 0.05) is 49.2 Å². The summed E-state index contributed by atoms with van der Waals surface area (Å²) in [4.78, 5) is 4.69. The molecule has 5 nitrogen and oxygen atoms in total. The molecule has 114 valence electrons. The van der Waals surface area contributed by atoms with Gasteiger partial charge in [-0.05, 0) is 36.6 Å². The highest BCUT2D eigenvalue weighted by atomic mass is 15.2. The lowest BCUT2D eigenvalue weighted by Gasteiger charge is -2.33. The number of nitrogens with zero attached hydrogens (tertiary/aromatic N) is 2. The normalized spacial score (nSPS) is 25.5. The van der Waals surface area contributed by atoms with Gasteiger partial charge in [-0.1, -0.05) is 13.2 Å². The topological polar surface area (TPSA) is 70.5 Å². The Labute approximate surface area is 126 Å². The average molecular weight is 287 g/mol. The van der Waals surface area contributed by atoms with Gasteiger partial charge in [-0.3, -0.25) is 5.84 Å². The van der Waals surface area contributed by atoms with Gasteiger partial charge in [0.25, 0.3) is 0 Å². The number of hydrogen-bond acceptors (Lipinski definition) is 5. The summed E-state index contributed by atoms with van der Waals surface area (Å²) in [6.07, 6.45) is 4.78. The van der Waals surface area contributed by atoms with Crippen LogP contribution in [0.4, 0.5) is 0 Å². The molecule has 0 spiro atoms. The van der Waals surface area contributed by atoms with Crippen molar-refractivity contribution in [3.8, 4) is 0 Å². The standard InChI is InChI=1S/C16H25N5/c1-3-20-7-13-9-21(10-14(13)8-20)11(2)12-4-5-16(19-18)15(17)6-12/h3,12,19H,1-2,4-10,17-18H2. The summed E-state index contributed by atoms with van der Waals surface area (Å²) in [5, 5.41) is 0. The monoisotopic (exact) mass is 287 g/mol. The van der Waals surface area contributed by atoms with Crippen LogP contribution in [0.15, 0.2) is 47.6 Å². The summed E-state index contributed by atoms with van der Waals surface area (Å²) in [7, 11) is 0. The first-order valence-electron chi connectivity index (χ1n) is 7.56. The molecule has 0 saturated carbocycles. The molecule has 1 atom stereocenters. The van der Waals surface area contributed by atoms with Crippen molar-refractivity contribution in [2.45, 2.75) is 19.3 Å². The highest BCUT2D eigenvalue weighted by Gasteiger charge is 2.32. The molecule has 0 radical (unpaired) electrons. The highest BCUT2D eigenvalue weighted by Crippen LogP contribution is 2.35. The maximum atomic E-state index is 6.09. The molecule has 0 saturated heterocycles. The molecule has 21 heavy (non-hydrogen) atoms. The largest absolute Gasteiger partial charge is 0.401 e. The number of rotatable bonds is 4. The fourth-order valence-corrected chi connectivity index (χ4v) is 3.62. The van der Waals surface area contributed by atoms with E-state index in [1.54, 1.807) is 11.1 Å². The van der Waals surface area contributed by atoms with E-state index >= 15 is 0 Å². The second-order valence-corrected chi connectivity index (χ2v) is 6.23. The van der Waals surface area contributed by atoms with Gasteiger partial charge in [-0.25, -0.2) is 0 Å². The fraction of sp³-hybridized carbons (Fsp3) is 0.500. The zero-order chi connectivity index (χ0) is 15.0. The molecular formula is C16H25N5. The maximum Gasteiger partial charge on any atom is 0.0446 e. The van der Waals surface area contributed by atoms with Crippen molar-refractivity contribution in [1.29, 1.82) is 0 Å². The van der Waals surface area contributed by atoms with Crippen LogP contribution in [0.3, 0.4) is 0 Å². The van der Waals surface area contributed by atoms with Crippen LogP contribution in [0.5, 0.6) is 0 Å². The Hall–Kier alpha value is -1.88. The van der Waals surface area contributed by atoms with E-state index in [9.17, 15) is 0 Å². The fourth-order valence-electron chi connectivity index (χ4n) is 3.62. The first-order chi connectivity index (χ1) is 10.1. The third-order valence-corrected chi connectivity index (χ3v) is 4.96.